The van der Waals surface area contributed by atoms with E-state index < -0.39 is 0 Å². The summed E-state index contributed by atoms with van der Waals surface area (Å²) in [5.74, 6) is 0.541. The summed E-state index contributed by atoms with van der Waals surface area (Å²) in [6.07, 6.45) is 0. The first-order valence-corrected chi connectivity index (χ1v) is 11.4. The molecule has 0 saturated heterocycles. The van der Waals surface area contributed by atoms with Crippen LogP contribution in [0, 0.1) is 0 Å². The fraction of sp³-hybridized carbons (Fsp3) is 0.158. The van der Waals surface area contributed by atoms with Crippen LogP contribution < -0.4 is 60.1 Å². The number of rotatable bonds is 2. The largest absolute Gasteiger partial charge is 0.140 e. The maximum Gasteiger partial charge on any atom is 0.140 e. The highest BCUT2D eigenvalue weighted by atomic mass is 14.2. The molecule has 0 heterocycles. The second-order valence-corrected chi connectivity index (χ2v) is 9.94. The van der Waals surface area contributed by atoms with Crippen LogP contribution in [-0.2, 0) is 0 Å². The maximum absolute atomic E-state index is 2.36. The van der Waals surface area contributed by atoms with Crippen LogP contribution in [-0.4, -0.2) is 86.3 Å². The predicted octanol–water partition coefficient (Wildman–Crippen LogP) is -13.5. The third kappa shape index (κ3) is 3.14. The van der Waals surface area contributed by atoms with Gasteiger partial charge in [0.15, 0.2) is 0 Å². The fourth-order valence-electron chi connectivity index (χ4n) is 6.02. The van der Waals surface area contributed by atoms with Gasteiger partial charge in [0.25, 0.3) is 0 Å². The number of hydrogen-bond acceptors (Lipinski definition) is 0. The lowest BCUT2D eigenvalue weighted by Crippen LogP contribution is -2.56. The molecule has 3 aromatic carbocycles. The molecule has 0 spiro atoms. The maximum atomic E-state index is 2.36. The Balaban J connectivity index is 2.63. The van der Waals surface area contributed by atoms with Crippen molar-refractivity contribution in [3.8, 4) is 11.1 Å². The van der Waals surface area contributed by atoms with Crippen LogP contribution in [0.4, 0.5) is 0 Å². The van der Waals surface area contributed by atoms with E-state index >= 15 is 0 Å². The highest BCUT2D eigenvalue weighted by Gasteiger charge is 2.22. The zero-order chi connectivity index (χ0) is 22.8. The first kappa shape index (κ1) is 23.3. The van der Waals surface area contributed by atoms with Crippen LogP contribution in [0.25, 0.3) is 21.9 Å². The Morgan fingerprint density at radius 3 is 1.17 bits per heavy atom. The molecule has 138 valence electrons. The van der Waals surface area contributed by atoms with Gasteiger partial charge in [-0.2, -0.15) is 0 Å². The fourth-order valence-corrected chi connectivity index (χ4v) is 6.02. The second kappa shape index (κ2) is 7.96. The summed E-state index contributed by atoms with van der Waals surface area (Å²) in [5.41, 5.74) is 20.4. The Morgan fingerprint density at radius 2 is 0.700 bits per heavy atom. The molecule has 0 fully saturated rings. The molecule has 0 atom stereocenters. The summed E-state index contributed by atoms with van der Waals surface area (Å²) < 4.78 is 0. The van der Waals surface area contributed by atoms with Gasteiger partial charge < -0.3 is 0 Å². The number of fused-ring (bicyclic) bond motifs is 1. The number of benzene rings is 3. The minimum Gasteiger partial charge on any atom is -0.102 e. The molecule has 11 heteroatoms. The Labute approximate surface area is 193 Å². The van der Waals surface area contributed by atoms with Crippen molar-refractivity contribution in [1.82, 2.24) is 0 Å². The standard InChI is InChI=1S/C19H29B11/c1-3(2)4-9(20)5-6(12(23)11(4)22)10(21)7(14(25)13(5)24)8-15(26)17(28)19(30)18(29)16(8)27/h3H,20-30H2,1-2H3. The molecule has 0 aliphatic carbocycles. The Hall–Kier alpha value is -1.37. The molecule has 0 aliphatic heterocycles. The third-order valence-electron chi connectivity index (χ3n) is 8.26. The Bertz CT molecular complexity index is 1200. The van der Waals surface area contributed by atoms with Crippen molar-refractivity contribution >= 4 is 157 Å². The van der Waals surface area contributed by atoms with Crippen molar-refractivity contribution < 1.29 is 0 Å². The minimum absolute atomic E-state index is 0.541. The first-order chi connectivity index (χ1) is 13.8. The van der Waals surface area contributed by atoms with E-state index in [0.29, 0.717) is 5.92 Å². The third-order valence-corrected chi connectivity index (χ3v) is 8.26. The molecule has 0 aliphatic rings. The normalized spacial score (nSPS) is 11.4. The van der Waals surface area contributed by atoms with E-state index in [1.807, 2.05) is 0 Å². The lowest BCUT2D eigenvalue weighted by molar-refractivity contribution is 0.882. The summed E-state index contributed by atoms with van der Waals surface area (Å²) in [7, 11) is 25.5. The molecule has 3 aromatic rings. The molecule has 0 unspecified atom stereocenters. The van der Waals surface area contributed by atoms with Gasteiger partial charge in [0.05, 0.1) is 0 Å². The second-order valence-electron chi connectivity index (χ2n) is 9.94. The summed E-state index contributed by atoms with van der Waals surface area (Å²) in [5, 5.41) is 2.96. The van der Waals surface area contributed by atoms with Gasteiger partial charge in [-0.3, -0.25) is 0 Å². The minimum atomic E-state index is 0.541. The molecule has 0 amide bonds. The van der Waals surface area contributed by atoms with Crippen LogP contribution in [0.2, 0.25) is 0 Å². The van der Waals surface area contributed by atoms with Gasteiger partial charge >= 0.3 is 0 Å². The highest BCUT2D eigenvalue weighted by Crippen LogP contribution is 2.16. The van der Waals surface area contributed by atoms with Crippen molar-refractivity contribution in [2.24, 2.45) is 0 Å². The molecule has 0 saturated carbocycles. The SMILES string of the molecule is Bc1c(B)c(B)c(-c2c(B)c(B)c3c(B)c(C(C)C)c(B)c(B)c3c2B)c(B)c1B. The summed E-state index contributed by atoms with van der Waals surface area (Å²) in [6, 6.07) is 0. The van der Waals surface area contributed by atoms with Gasteiger partial charge in [0.2, 0.25) is 0 Å². The lowest BCUT2D eigenvalue weighted by Gasteiger charge is -2.29. The predicted molar refractivity (Wildman–Crippen MR) is 173 cm³/mol. The van der Waals surface area contributed by atoms with Gasteiger partial charge in [-0.1, -0.05) is 63.1 Å². The van der Waals surface area contributed by atoms with Crippen molar-refractivity contribution in [2.75, 3.05) is 0 Å². The van der Waals surface area contributed by atoms with Gasteiger partial charge in [-0.15, -0.1) is 16.4 Å². The lowest BCUT2D eigenvalue weighted by atomic mass is 9.56. The van der Waals surface area contributed by atoms with Crippen LogP contribution >= 0.6 is 0 Å². The molecular formula is C19H29B11. The Kier molecular flexibility index (Phi) is 6.18. The van der Waals surface area contributed by atoms with Gasteiger partial charge in [-0.25, -0.2) is 0 Å². The van der Waals surface area contributed by atoms with E-state index in [1.165, 1.54) is 87.6 Å². The monoisotopic (exact) mass is 378 g/mol. The van der Waals surface area contributed by atoms with Gasteiger partial charge in [-0.05, 0) is 27.8 Å². The molecule has 3 rings (SSSR count). The van der Waals surface area contributed by atoms with E-state index in [2.05, 4.69) is 100 Å². The molecule has 30 heavy (non-hydrogen) atoms. The van der Waals surface area contributed by atoms with Gasteiger partial charge in [0, 0.05) is 0 Å². The molecule has 0 bridgehead atoms. The van der Waals surface area contributed by atoms with E-state index in [0.717, 1.165) is 0 Å². The zero-order valence-corrected chi connectivity index (χ0v) is 21.6. The van der Waals surface area contributed by atoms with Crippen molar-refractivity contribution in [3.63, 3.8) is 0 Å². The topological polar surface area (TPSA) is 0 Å². The van der Waals surface area contributed by atoms with Crippen LogP contribution in [0.1, 0.15) is 25.3 Å². The van der Waals surface area contributed by atoms with Crippen molar-refractivity contribution in [2.45, 2.75) is 19.8 Å². The van der Waals surface area contributed by atoms with Crippen LogP contribution in [0.5, 0.6) is 0 Å². The summed E-state index contributed by atoms with van der Waals surface area (Å²) >= 11 is 0. The highest BCUT2D eigenvalue weighted by molar-refractivity contribution is 6.71. The van der Waals surface area contributed by atoms with Crippen molar-refractivity contribution in [1.29, 1.82) is 0 Å². The van der Waals surface area contributed by atoms with E-state index in [1.54, 1.807) is 0 Å². The van der Waals surface area contributed by atoms with Gasteiger partial charge in [0.1, 0.15) is 86.3 Å². The summed E-state index contributed by atoms with van der Waals surface area (Å²) in [4.78, 5) is 0. The smallest absolute Gasteiger partial charge is 0.102 e. The first-order valence-electron chi connectivity index (χ1n) is 11.4. The quantitative estimate of drug-likeness (QED) is 0.390. The Morgan fingerprint density at radius 1 is 0.367 bits per heavy atom. The van der Waals surface area contributed by atoms with Crippen LogP contribution in [0.3, 0.4) is 0 Å². The summed E-state index contributed by atoms with van der Waals surface area (Å²) in [6.45, 7) is 4.66. The molecular weight excluding hydrogens is 347 g/mol. The average molecular weight is 376 g/mol. The van der Waals surface area contributed by atoms with Crippen molar-refractivity contribution in [3.05, 3.63) is 5.56 Å². The molecule has 0 radical (unpaired) electrons. The average Bonchev–Trinajstić information content (AvgIpc) is 2.68. The molecule has 0 N–H and O–H groups in total. The van der Waals surface area contributed by atoms with E-state index in [-0.39, 0.29) is 0 Å². The zero-order valence-electron chi connectivity index (χ0n) is 21.6. The van der Waals surface area contributed by atoms with E-state index in [9.17, 15) is 0 Å². The van der Waals surface area contributed by atoms with E-state index in [4.69, 9.17) is 0 Å². The number of hydrogen-bond donors (Lipinski definition) is 0. The molecule has 0 nitrogen and oxygen atoms in total. The molecule has 0 aromatic heterocycles. The van der Waals surface area contributed by atoms with Crippen LogP contribution in [0.15, 0.2) is 0 Å².